The van der Waals surface area contributed by atoms with E-state index >= 15 is 0 Å². The topological polar surface area (TPSA) is 87.2 Å². The highest BCUT2D eigenvalue weighted by molar-refractivity contribution is 5.70. The maximum atomic E-state index is 11.6. The Morgan fingerprint density at radius 2 is 2.29 bits per heavy atom. The number of hydrogen-bond donors (Lipinski definition) is 1. The van der Waals surface area contributed by atoms with Gasteiger partial charge in [0.1, 0.15) is 18.2 Å². The summed E-state index contributed by atoms with van der Waals surface area (Å²) in [6, 6.07) is -0.600. The number of ether oxygens (including phenoxy) is 1. The second-order valence-corrected chi connectivity index (χ2v) is 4.76. The first-order chi connectivity index (χ1) is 7.81. The molecular formula is C11H17N3O3. The predicted molar refractivity (Wildman–Crippen MR) is 61.6 cm³/mol. The zero-order valence-corrected chi connectivity index (χ0v) is 10.2. The van der Waals surface area contributed by atoms with Gasteiger partial charge in [0.25, 0.3) is 0 Å². The van der Waals surface area contributed by atoms with Crippen molar-refractivity contribution in [2.75, 3.05) is 0 Å². The van der Waals surface area contributed by atoms with Crippen LogP contribution >= 0.6 is 0 Å². The fourth-order valence-corrected chi connectivity index (χ4v) is 1.17. The van der Waals surface area contributed by atoms with Crippen molar-refractivity contribution in [3.63, 3.8) is 0 Å². The molecular weight excluding hydrogens is 222 g/mol. The molecule has 0 fully saturated rings. The number of aromatic nitrogens is 2. The first kappa shape index (κ1) is 13.4. The summed E-state index contributed by atoms with van der Waals surface area (Å²) >= 11 is 0. The van der Waals surface area contributed by atoms with Crippen molar-refractivity contribution in [1.29, 1.82) is 0 Å². The first-order valence-corrected chi connectivity index (χ1v) is 5.29. The number of carbonyl (C=O) groups is 2. The molecule has 0 amide bonds. The van der Waals surface area contributed by atoms with Crippen molar-refractivity contribution in [2.45, 2.75) is 38.8 Å². The average molecular weight is 239 g/mol. The smallest absolute Gasteiger partial charge is 0.419 e. The molecule has 2 N–H and O–H groups in total. The van der Waals surface area contributed by atoms with Gasteiger partial charge < -0.3 is 15.3 Å². The summed E-state index contributed by atoms with van der Waals surface area (Å²) in [5.41, 5.74) is 5.48. The quantitative estimate of drug-likeness (QED) is 0.786. The molecule has 1 heterocycles. The van der Waals surface area contributed by atoms with Crippen LogP contribution in [0.5, 0.6) is 0 Å². The van der Waals surface area contributed by atoms with Gasteiger partial charge >= 0.3 is 6.09 Å². The van der Waals surface area contributed by atoms with E-state index in [1.165, 1.54) is 17.1 Å². The normalized spacial score (nSPS) is 13.2. The molecule has 1 rings (SSSR count). The molecule has 94 valence electrons. The maximum Gasteiger partial charge on any atom is 0.419 e. The first-order valence-electron chi connectivity index (χ1n) is 5.29. The molecule has 0 bridgehead atoms. The van der Waals surface area contributed by atoms with Gasteiger partial charge in [-0.05, 0) is 20.8 Å². The van der Waals surface area contributed by atoms with Gasteiger partial charge in [-0.2, -0.15) is 0 Å². The fourth-order valence-electron chi connectivity index (χ4n) is 1.17. The Morgan fingerprint density at radius 3 is 2.82 bits per heavy atom. The maximum absolute atomic E-state index is 11.6. The molecule has 0 aliphatic carbocycles. The lowest BCUT2D eigenvalue weighted by Crippen LogP contribution is -2.26. The Hall–Kier alpha value is -1.69. The molecule has 17 heavy (non-hydrogen) atoms. The molecule has 0 aromatic carbocycles. The molecule has 0 radical (unpaired) electrons. The summed E-state index contributed by atoms with van der Waals surface area (Å²) in [5, 5.41) is 0. The summed E-state index contributed by atoms with van der Waals surface area (Å²) in [5.74, 6) is 0. The Balaban J connectivity index is 2.68. The minimum atomic E-state index is -0.600. The molecule has 1 aromatic rings. The van der Waals surface area contributed by atoms with Crippen LogP contribution in [0.25, 0.3) is 0 Å². The predicted octanol–water partition coefficient (Wildman–Crippen LogP) is 0.735. The largest absolute Gasteiger partial charge is 0.443 e. The third-order valence-electron chi connectivity index (χ3n) is 1.86. The third kappa shape index (κ3) is 4.36. The summed E-state index contributed by atoms with van der Waals surface area (Å²) in [6.45, 7) is 5.35. The highest BCUT2D eigenvalue weighted by Gasteiger charge is 2.18. The van der Waals surface area contributed by atoms with Crippen LogP contribution in [-0.2, 0) is 16.0 Å². The summed E-state index contributed by atoms with van der Waals surface area (Å²) in [6.07, 6.45) is 3.31. The highest BCUT2D eigenvalue weighted by Crippen LogP contribution is 2.09. The van der Waals surface area contributed by atoms with E-state index in [1.54, 1.807) is 20.8 Å². The van der Waals surface area contributed by atoms with Crippen molar-refractivity contribution in [2.24, 2.45) is 5.73 Å². The summed E-state index contributed by atoms with van der Waals surface area (Å²) < 4.78 is 6.39. The number of imidazole rings is 1. The van der Waals surface area contributed by atoms with Crippen LogP contribution in [0.1, 0.15) is 26.5 Å². The monoisotopic (exact) mass is 239 g/mol. The van der Waals surface area contributed by atoms with E-state index in [0.29, 0.717) is 18.4 Å². The van der Waals surface area contributed by atoms with Gasteiger partial charge in [-0.3, -0.25) is 0 Å². The van der Waals surface area contributed by atoms with Crippen molar-refractivity contribution >= 4 is 12.4 Å². The van der Waals surface area contributed by atoms with Crippen molar-refractivity contribution < 1.29 is 14.3 Å². The number of rotatable bonds is 3. The number of carbonyl (C=O) groups excluding carboxylic acids is 2. The Labute approximate surface area is 99.8 Å². The van der Waals surface area contributed by atoms with E-state index in [1.807, 2.05) is 0 Å². The molecule has 0 unspecified atom stereocenters. The van der Waals surface area contributed by atoms with Crippen LogP contribution in [0.2, 0.25) is 0 Å². The molecule has 6 heteroatoms. The van der Waals surface area contributed by atoms with E-state index in [4.69, 9.17) is 10.5 Å². The van der Waals surface area contributed by atoms with Gasteiger partial charge in [-0.1, -0.05) is 0 Å². The molecule has 0 spiro atoms. The average Bonchev–Trinajstić information content (AvgIpc) is 2.63. The van der Waals surface area contributed by atoms with Crippen LogP contribution < -0.4 is 5.73 Å². The molecule has 6 nitrogen and oxygen atoms in total. The van der Waals surface area contributed by atoms with Gasteiger partial charge in [0.15, 0.2) is 0 Å². The Morgan fingerprint density at radius 1 is 1.65 bits per heavy atom. The van der Waals surface area contributed by atoms with Crippen LogP contribution in [0.3, 0.4) is 0 Å². The van der Waals surface area contributed by atoms with Crippen LogP contribution in [0.15, 0.2) is 12.5 Å². The minimum absolute atomic E-state index is 0.305. The lowest BCUT2D eigenvalue weighted by Gasteiger charge is -2.19. The number of aldehydes is 1. The Bertz CT molecular complexity index is 406. The van der Waals surface area contributed by atoms with Crippen LogP contribution in [0.4, 0.5) is 4.79 Å². The van der Waals surface area contributed by atoms with Crippen LogP contribution in [0, 0.1) is 0 Å². The zero-order chi connectivity index (χ0) is 13.1. The van der Waals surface area contributed by atoms with E-state index in [0.717, 1.165) is 0 Å². The standard InChI is InChI=1S/C11H17N3O3/c1-11(2,3)17-10(16)14-5-9(13-7-14)4-8(12)6-15/h5-8H,4,12H2,1-3H3/t8-/m0/s1. The van der Waals surface area contributed by atoms with Crippen molar-refractivity contribution in [3.8, 4) is 0 Å². The van der Waals surface area contributed by atoms with Gasteiger partial charge in [0, 0.05) is 12.6 Å². The SMILES string of the molecule is CC(C)(C)OC(=O)n1cnc(C[C@H](N)C=O)c1. The Kier molecular flexibility index (Phi) is 4.01. The number of hydrogen-bond acceptors (Lipinski definition) is 5. The van der Waals surface area contributed by atoms with E-state index in [9.17, 15) is 9.59 Å². The third-order valence-corrected chi connectivity index (χ3v) is 1.86. The van der Waals surface area contributed by atoms with Crippen molar-refractivity contribution in [1.82, 2.24) is 9.55 Å². The minimum Gasteiger partial charge on any atom is -0.443 e. The molecule has 0 saturated heterocycles. The highest BCUT2D eigenvalue weighted by atomic mass is 16.6. The second-order valence-electron chi connectivity index (χ2n) is 4.76. The van der Waals surface area contributed by atoms with Gasteiger partial charge in [-0.15, -0.1) is 0 Å². The lowest BCUT2D eigenvalue weighted by molar-refractivity contribution is -0.108. The summed E-state index contributed by atoms with van der Waals surface area (Å²) in [7, 11) is 0. The summed E-state index contributed by atoms with van der Waals surface area (Å²) in [4.78, 5) is 26.0. The van der Waals surface area contributed by atoms with E-state index in [-0.39, 0.29) is 0 Å². The molecule has 0 aliphatic heterocycles. The number of nitrogens with two attached hydrogens (primary N) is 1. The molecule has 1 atom stereocenters. The molecule has 1 aromatic heterocycles. The van der Waals surface area contributed by atoms with Gasteiger partial charge in [0.2, 0.25) is 0 Å². The van der Waals surface area contributed by atoms with Gasteiger partial charge in [-0.25, -0.2) is 14.3 Å². The van der Waals surface area contributed by atoms with Gasteiger partial charge in [0.05, 0.1) is 11.7 Å². The lowest BCUT2D eigenvalue weighted by atomic mass is 10.2. The molecule has 0 saturated carbocycles. The van der Waals surface area contributed by atoms with Crippen LogP contribution in [-0.4, -0.2) is 33.6 Å². The second kappa shape index (κ2) is 5.09. The number of nitrogens with zero attached hydrogens (tertiary/aromatic N) is 2. The van der Waals surface area contributed by atoms with E-state index < -0.39 is 17.7 Å². The molecule has 0 aliphatic rings. The zero-order valence-electron chi connectivity index (χ0n) is 10.2. The fraction of sp³-hybridized carbons (Fsp3) is 0.545. The van der Waals surface area contributed by atoms with E-state index in [2.05, 4.69) is 4.98 Å². The van der Waals surface area contributed by atoms with Crippen molar-refractivity contribution in [3.05, 3.63) is 18.2 Å².